The molecule has 52 heavy (non-hydrogen) atoms. The number of hydrogen-bond acceptors (Lipinski definition) is 7. The molecule has 0 saturated carbocycles. The van der Waals surface area contributed by atoms with E-state index in [1.54, 1.807) is 24.3 Å². The highest BCUT2D eigenvalue weighted by Crippen LogP contribution is 2.50. The number of carbonyl (C=O) groups excluding carboxylic acids is 2. The van der Waals surface area contributed by atoms with Crippen LogP contribution in [0, 0.1) is 23.7 Å². The van der Waals surface area contributed by atoms with Crippen molar-refractivity contribution in [3.63, 3.8) is 0 Å². The Morgan fingerprint density at radius 1 is 0.481 bits per heavy atom. The van der Waals surface area contributed by atoms with Crippen molar-refractivity contribution in [1.82, 2.24) is 0 Å². The second-order valence-electron chi connectivity index (χ2n) is 20.1. The third-order valence-corrected chi connectivity index (χ3v) is 11.5. The summed E-state index contributed by atoms with van der Waals surface area (Å²) in [5, 5.41) is 22.8. The quantitative estimate of drug-likeness (QED) is 0.165. The van der Waals surface area contributed by atoms with Gasteiger partial charge in [-0.05, 0) is 69.6 Å². The molecule has 0 spiro atoms. The number of phenolic OH excluding ortho intramolecular Hbond substituents is 2. The third kappa shape index (κ3) is 8.85. The Balaban J connectivity index is 2.86. The molecule has 0 bridgehead atoms. The summed E-state index contributed by atoms with van der Waals surface area (Å²) in [6, 6.07) is 6.91. The van der Waals surface area contributed by atoms with Gasteiger partial charge in [-0.15, -0.1) is 9.05 Å². The van der Waals surface area contributed by atoms with Crippen LogP contribution in [0.5, 0.6) is 11.5 Å². The smallest absolute Gasteiger partial charge is 0.507 e. The lowest BCUT2D eigenvalue weighted by Crippen LogP contribution is -2.52. The predicted octanol–water partition coefficient (Wildman–Crippen LogP) is 12.1. The molecular weight excluding hydrogens is 671 g/mol. The van der Waals surface area contributed by atoms with Crippen LogP contribution in [0.3, 0.4) is 0 Å². The van der Waals surface area contributed by atoms with Crippen LogP contribution in [0.2, 0.25) is 0 Å². The number of aromatic hydroxyl groups is 2. The number of hydrogen-bond donors (Lipinski definition) is 2. The van der Waals surface area contributed by atoms with Crippen LogP contribution in [0.25, 0.3) is 0 Å². The topological polar surface area (TPSA) is 110 Å². The zero-order valence-electron chi connectivity index (χ0n) is 36.0. The van der Waals surface area contributed by atoms with Crippen molar-refractivity contribution in [2.45, 2.75) is 171 Å². The van der Waals surface area contributed by atoms with Crippen LogP contribution < -0.4 is 0 Å². The highest BCUT2D eigenvalue weighted by molar-refractivity contribution is 7.33. The molecule has 0 aliphatic heterocycles. The molecular formula is C44H70O7P+. The fourth-order valence-corrected chi connectivity index (χ4v) is 8.96. The number of Topliss-reactive ketones (excluding diaryl/α,β-unsaturated/α-hetero) is 2. The van der Waals surface area contributed by atoms with Crippen LogP contribution in [0.15, 0.2) is 24.3 Å². The van der Waals surface area contributed by atoms with Crippen molar-refractivity contribution < 1.29 is 33.4 Å². The Labute approximate surface area is 316 Å². The average molecular weight is 742 g/mol. The maximum Gasteiger partial charge on any atom is 0.699 e. The van der Waals surface area contributed by atoms with Crippen molar-refractivity contribution in [1.29, 1.82) is 0 Å². The third-order valence-electron chi connectivity index (χ3n) is 10.6. The van der Waals surface area contributed by atoms with Gasteiger partial charge in [0.2, 0.25) is 0 Å². The first-order valence-corrected chi connectivity index (χ1v) is 20.0. The van der Waals surface area contributed by atoms with Crippen molar-refractivity contribution in [3.05, 3.63) is 57.6 Å². The lowest BCUT2D eigenvalue weighted by atomic mass is 9.72. The summed E-state index contributed by atoms with van der Waals surface area (Å²) < 4.78 is 27.4. The molecule has 0 fully saturated rings. The van der Waals surface area contributed by atoms with Gasteiger partial charge in [-0.25, -0.2) is 0 Å². The normalized spacial score (nSPS) is 13.8. The molecule has 0 saturated heterocycles. The number of rotatable bonds is 12. The summed E-state index contributed by atoms with van der Waals surface area (Å²) in [6.07, 6.45) is 0. The molecule has 0 atom stereocenters. The number of ketones is 2. The van der Waals surface area contributed by atoms with Gasteiger partial charge in [0, 0.05) is 37.9 Å². The van der Waals surface area contributed by atoms with E-state index >= 15 is 0 Å². The van der Waals surface area contributed by atoms with Crippen molar-refractivity contribution in [3.8, 4) is 11.5 Å². The fourth-order valence-electron chi connectivity index (χ4n) is 7.42. The largest absolute Gasteiger partial charge is 0.699 e. The number of phenols is 2. The lowest BCUT2D eigenvalue weighted by Gasteiger charge is -2.37. The molecule has 0 radical (unpaired) electrons. The molecule has 0 aliphatic rings. The molecule has 0 amide bonds. The van der Waals surface area contributed by atoms with E-state index in [1.807, 2.05) is 138 Å². The maximum absolute atomic E-state index is 15.0. The SMILES string of the molecule is CC(C)C(O[P+](=O)OC(C(=O)c1cc(C(C)(C)C)c(O)c(C(C)(C)C)c1)(C(C)C)C(C)C)(C(=O)c1cc(C(C)(C)C)c(O)c(C(C)(C)C)c1)C(C)C. The van der Waals surface area contributed by atoms with Crippen LogP contribution in [-0.2, 0) is 35.3 Å². The second-order valence-corrected chi connectivity index (χ2v) is 20.9. The monoisotopic (exact) mass is 741 g/mol. The van der Waals surface area contributed by atoms with Crippen LogP contribution >= 0.6 is 8.25 Å². The molecule has 2 N–H and O–H groups in total. The van der Waals surface area contributed by atoms with Crippen LogP contribution in [0.4, 0.5) is 0 Å². The summed E-state index contributed by atoms with van der Waals surface area (Å²) in [5.74, 6) is -2.21. The Hall–Kier alpha value is -2.60. The van der Waals surface area contributed by atoms with Gasteiger partial charge in [-0.2, -0.15) is 0 Å². The molecule has 8 heteroatoms. The Morgan fingerprint density at radius 3 is 0.827 bits per heavy atom. The van der Waals surface area contributed by atoms with E-state index in [1.165, 1.54) is 0 Å². The minimum Gasteiger partial charge on any atom is -0.507 e. The first kappa shape index (κ1) is 45.6. The molecule has 0 aromatic heterocycles. The Bertz CT molecular complexity index is 1440. The Kier molecular flexibility index (Phi) is 13.4. The first-order chi connectivity index (χ1) is 23.2. The van der Waals surface area contributed by atoms with Gasteiger partial charge >= 0.3 is 8.25 Å². The van der Waals surface area contributed by atoms with Gasteiger partial charge in [-0.1, -0.05) is 138 Å². The van der Waals surface area contributed by atoms with Gasteiger partial charge in [0.1, 0.15) is 11.5 Å². The summed E-state index contributed by atoms with van der Waals surface area (Å²) in [6.45, 7) is 38.7. The van der Waals surface area contributed by atoms with E-state index in [4.69, 9.17) is 9.05 Å². The van der Waals surface area contributed by atoms with E-state index in [0.717, 1.165) is 0 Å². The highest BCUT2D eigenvalue weighted by Gasteiger charge is 2.59. The average Bonchev–Trinajstić information content (AvgIpc) is 2.95. The summed E-state index contributed by atoms with van der Waals surface area (Å²) in [4.78, 5) is 29.9. The van der Waals surface area contributed by atoms with Crippen LogP contribution in [-0.4, -0.2) is 33.0 Å². The van der Waals surface area contributed by atoms with Crippen molar-refractivity contribution in [2.75, 3.05) is 0 Å². The first-order valence-electron chi connectivity index (χ1n) is 18.9. The van der Waals surface area contributed by atoms with E-state index in [-0.39, 0.29) is 23.1 Å². The van der Waals surface area contributed by atoms with E-state index < -0.39 is 64.8 Å². The van der Waals surface area contributed by atoms with Gasteiger partial charge in [-0.3, -0.25) is 9.59 Å². The van der Waals surface area contributed by atoms with Gasteiger partial charge in [0.25, 0.3) is 0 Å². The molecule has 0 aliphatic carbocycles. The van der Waals surface area contributed by atoms with E-state index in [9.17, 15) is 24.4 Å². The molecule has 2 aromatic carbocycles. The second kappa shape index (κ2) is 15.3. The van der Waals surface area contributed by atoms with Crippen LogP contribution in [0.1, 0.15) is 181 Å². The summed E-state index contributed by atoms with van der Waals surface area (Å²) >= 11 is 0. The van der Waals surface area contributed by atoms with Gasteiger partial charge in [0.15, 0.2) is 22.8 Å². The minimum atomic E-state index is -3.06. The zero-order chi connectivity index (χ0) is 40.9. The summed E-state index contributed by atoms with van der Waals surface area (Å²) in [5.41, 5.74) is -1.88. The Morgan fingerprint density at radius 2 is 0.673 bits per heavy atom. The summed E-state index contributed by atoms with van der Waals surface area (Å²) in [7, 11) is -3.06. The predicted molar refractivity (Wildman–Crippen MR) is 214 cm³/mol. The van der Waals surface area contributed by atoms with Crippen molar-refractivity contribution in [2.24, 2.45) is 23.7 Å². The molecule has 0 heterocycles. The standard InChI is InChI=1S/C44H69O7P/c1-25(2)43(26(3)4,37(47)29-21-31(39(9,10)11)35(45)32(22-29)40(12,13)14)50-52(49)51-44(27(5)6,28(7)8)38(48)30-23-33(41(15,16)17)36(46)34(24-30)42(18,19)20/h21-28H,1-20H3,(H-,45,46,47,48)/p+1. The molecule has 0 unspecified atom stereocenters. The van der Waals surface area contributed by atoms with Crippen molar-refractivity contribution >= 4 is 19.8 Å². The highest BCUT2D eigenvalue weighted by atomic mass is 31.1. The molecule has 2 rings (SSSR count). The maximum atomic E-state index is 15.0. The molecule has 7 nitrogen and oxygen atoms in total. The van der Waals surface area contributed by atoms with Gasteiger partial charge in [0.05, 0.1) is 0 Å². The van der Waals surface area contributed by atoms with E-state index in [2.05, 4.69) is 0 Å². The number of carbonyl (C=O) groups is 2. The molecule has 292 valence electrons. The van der Waals surface area contributed by atoms with Gasteiger partial charge < -0.3 is 10.2 Å². The lowest BCUT2D eigenvalue weighted by molar-refractivity contribution is -0.0414. The fraction of sp³-hybridized carbons (Fsp3) is 0.682. The molecule has 2 aromatic rings. The number of benzene rings is 2. The van der Waals surface area contributed by atoms with E-state index in [0.29, 0.717) is 33.4 Å². The minimum absolute atomic E-state index is 0.155. The zero-order valence-corrected chi connectivity index (χ0v) is 36.9.